The monoisotopic (exact) mass is 352 g/mol. The van der Waals surface area contributed by atoms with Gasteiger partial charge in [0.25, 0.3) is 5.17 Å². The number of benzene rings is 1. The van der Waals surface area contributed by atoms with E-state index in [-0.39, 0.29) is 0 Å². The molecule has 1 aliphatic rings. The Morgan fingerprint density at radius 3 is 2.70 bits per heavy atom. The number of aryl methyl sites for hydroxylation is 2. The highest BCUT2D eigenvalue weighted by molar-refractivity contribution is 7.80. The van der Waals surface area contributed by atoms with E-state index in [4.69, 9.17) is 29.2 Å². The summed E-state index contributed by atoms with van der Waals surface area (Å²) < 4.78 is 5.45. The summed E-state index contributed by atoms with van der Waals surface area (Å²) >= 11 is 10.6. The molecule has 1 saturated heterocycles. The molecule has 1 heterocycles. The van der Waals surface area contributed by atoms with Crippen LogP contribution in [0.15, 0.2) is 18.2 Å². The molecule has 0 atom stereocenters. The normalized spacial score (nSPS) is 15.7. The third-order valence-electron chi connectivity index (χ3n) is 3.80. The minimum Gasteiger partial charge on any atom is -0.470 e. The fourth-order valence-electron chi connectivity index (χ4n) is 2.64. The minimum absolute atomic E-state index is 0.428. The maximum absolute atomic E-state index is 5.61. The summed E-state index contributed by atoms with van der Waals surface area (Å²) in [5, 5.41) is 4.09. The van der Waals surface area contributed by atoms with Crippen molar-refractivity contribution in [3.63, 3.8) is 0 Å². The summed E-state index contributed by atoms with van der Waals surface area (Å²) in [4.78, 5) is 6.53. The molecule has 1 N–H and O–H groups in total. The van der Waals surface area contributed by atoms with Crippen LogP contribution in [-0.2, 0) is 4.74 Å². The van der Waals surface area contributed by atoms with Crippen molar-refractivity contribution < 1.29 is 4.74 Å². The molecule has 1 fully saturated rings. The van der Waals surface area contributed by atoms with Crippen LogP contribution in [0.25, 0.3) is 0 Å². The van der Waals surface area contributed by atoms with E-state index in [1.54, 1.807) is 7.05 Å². The standard InChI is InChI=1S/C16H24N4OS2/c1-12-5-6-14(13(2)9-12)20-11-19(10-18(4)16(20)23)7-8-21-15(22)17-3/h5-6,9H,7-8,10-11H2,1-4H3,(H,17,22). The Hall–Kier alpha value is -1.44. The number of nitrogens with zero attached hydrogens (tertiary/aromatic N) is 3. The van der Waals surface area contributed by atoms with Crippen molar-refractivity contribution >= 4 is 40.4 Å². The van der Waals surface area contributed by atoms with Crippen molar-refractivity contribution in [2.75, 3.05) is 45.5 Å². The van der Waals surface area contributed by atoms with Crippen LogP contribution >= 0.6 is 24.4 Å². The Labute approximate surface area is 149 Å². The van der Waals surface area contributed by atoms with Crippen molar-refractivity contribution in [3.05, 3.63) is 29.3 Å². The van der Waals surface area contributed by atoms with E-state index in [0.717, 1.165) is 30.7 Å². The number of rotatable bonds is 4. The molecule has 1 aromatic carbocycles. The summed E-state index contributed by atoms with van der Waals surface area (Å²) in [6.45, 7) is 7.11. The van der Waals surface area contributed by atoms with Crippen LogP contribution in [0.2, 0.25) is 0 Å². The van der Waals surface area contributed by atoms with Crippen LogP contribution in [0.5, 0.6) is 0 Å². The first kappa shape index (κ1) is 17.9. The predicted octanol–water partition coefficient (Wildman–Crippen LogP) is 2.08. The van der Waals surface area contributed by atoms with Crippen LogP contribution in [0.4, 0.5) is 5.69 Å². The Kier molecular flexibility index (Phi) is 6.15. The fourth-order valence-corrected chi connectivity index (χ4v) is 2.94. The molecule has 0 spiro atoms. The summed E-state index contributed by atoms with van der Waals surface area (Å²) in [6.07, 6.45) is 0. The largest absolute Gasteiger partial charge is 0.470 e. The highest BCUT2D eigenvalue weighted by Crippen LogP contribution is 2.24. The van der Waals surface area contributed by atoms with Gasteiger partial charge in [0, 0.05) is 26.3 Å². The van der Waals surface area contributed by atoms with Gasteiger partial charge in [-0.15, -0.1) is 0 Å². The molecule has 1 aliphatic heterocycles. The predicted molar refractivity (Wildman–Crippen MR) is 103 cm³/mol. The summed E-state index contributed by atoms with van der Waals surface area (Å²) in [7, 11) is 3.78. The zero-order valence-electron chi connectivity index (χ0n) is 14.1. The van der Waals surface area contributed by atoms with Crippen LogP contribution in [0.1, 0.15) is 11.1 Å². The second-order valence-corrected chi connectivity index (χ2v) is 6.50. The van der Waals surface area contributed by atoms with Gasteiger partial charge in [0.1, 0.15) is 6.61 Å². The second kappa shape index (κ2) is 7.90. The number of nitrogens with one attached hydrogen (secondary N) is 1. The molecule has 7 heteroatoms. The lowest BCUT2D eigenvalue weighted by atomic mass is 10.1. The van der Waals surface area contributed by atoms with Gasteiger partial charge in [-0.05, 0) is 49.9 Å². The van der Waals surface area contributed by atoms with Crippen molar-refractivity contribution in [1.29, 1.82) is 0 Å². The van der Waals surface area contributed by atoms with E-state index in [2.05, 4.69) is 52.1 Å². The number of anilines is 1. The number of hydrogen-bond acceptors (Lipinski definition) is 4. The molecule has 0 unspecified atom stereocenters. The molecule has 126 valence electrons. The highest BCUT2D eigenvalue weighted by atomic mass is 32.1. The first-order valence-electron chi connectivity index (χ1n) is 7.59. The molecular formula is C16H24N4OS2. The van der Waals surface area contributed by atoms with E-state index in [9.17, 15) is 0 Å². The fraction of sp³-hybridized carbons (Fsp3) is 0.500. The molecule has 23 heavy (non-hydrogen) atoms. The van der Waals surface area contributed by atoms with Gasteiger partial charge in [-0.3, -0.25) is 4.90 Å². The second-order valence-electron chi connectivity index (χ2n) is 5.76. The Morgan fingerprint density at radius 2 is 2.04 bits per heavy atom. The topological polar surface area (TPSA) is 31.0 Å². The quantitative estimate of drug-likeness (QED) is 0.830. The highest BCUT2D eigenvalue weighted by Gasteiger charge is 2.26. The Bertz CT molecular complexity index is 593. The van der Waals surface area contributed by atoms with Crippen molar-refractivity contribution in [3.8, 4) is 0 Å². The lowest BCUT2D eigenvalue weighted by molar-refractivity contribution is 0.150. The van der Waals surface area contributed by atoms with Crippen LogP contribution in [-0.4, -0.2) is 60.7 Å². The molecule has 1 aromatic rings. The van der Waals surface area contributed by atoms with Crippen molar-refractivity contribution in [1.82, 2.24) is 15.1 Å². The maximum Gasteiger partial charge on any atom is 0.256 e. The first-order valence-corrected chi connectivity index (χ1v) is 8.40. The van der Waals surface area contributed by atoms with Gasteiger partial charge in [-0.1, -0.05) is 17.7 Å². The smallest absolute Gasteiger partial charge is 0.256 e. The van der Waals surface area contributed by atoms with Crippen molar-refractivity contribution in [2.45, 2.75) is 13.8 Å². The summed E-state index contributed by atoms with van der Waals surface area (Å²) in [5.41, 5.74) is 3.65. The third-order valence-corrected chi connectivity index (χ3v) is 4.65. The number of hydrogen-bond donors (Lipinski definition) is 1. The van der Waals surface area contributed by atoms with Gasteiger partial charge in [-0.25, -0.2) is 0 Å². The summed E-state index contributed by atoms with van der Waals surface area (Å²) in [6, 6.07) is 6.45. The Morgan fingerprint density at radius 1 is 1.30 bits per heavy atom. The van der Waals surface area contributed by atoms with Crippen LogP contribution < -0.4 is 10.2 Å². The first-order chi connectivity index (χ1) is 10.9. The van der Waals surface area contributed by atoms with Gasteiger partial charge >= 0.3 is 0 Å². The molecule has 0 bridgehead atoms. The van der Waals surface area contributed by atoms with Crippen LogP contribution in [0, 0.1) is 13.8 Å². The molecule has 0 aliphatic carbocycles. The van der Waals surface area contributed by atoms with Gasteiger partial charge < -0.3 is 19.9 Å². The lowest BCUT2D eigenvalue weighted by Crippen LogP contribution is -2.57. The van der Waals surface area contributed by atoms with Gasteiger partial charge in [-0.2, -0.15) is 0 Å². The third kappa shape index (κ3) is 4.53. The Balaban J connectivity index is 2.06. The molecule has 0 saturated carbocycles. The van der Waals surface area contributed by atoms with Gasteiger partial charge in [0.2, 0.25) is 0 Å². The molecule has 5 nitrogen and oxygen atoms in total. The molecule has 0 amide bonds. The number of ether oxygens (including phenoxy) is 1. The van der Waals surface area contributed by atoms with E-state index < -0.39 is 0 Å². The van der Waals surface area contributed by atoms with Gasteiger partial charge in [0.05, 0.1) is 13.3 Å². The SMILES string of the molecule is CNC(=S)OCCN1CN(C)C(=S)N(c2ccc(C)cc2C)C1. The van der Waals surface area contributed by atoms with E-state index >= 15 is 0 Å². The summed E-state index contributed by atoms with van der Waals surface area (Å²) in [5.74, 6) is 0. The lowest BCUT2D eigenvalue weighted by Gasteiger charge is -2.43. The molecule has 0 aromatic heterocycles. The number of thiocarbonyl (C=S) groups is 2. The van der Waals surface area contributed by atoms with E-state index in [0.29, 0.717) is 11.8 Å². The molecular weight excluding hydrogens is 328 g/mol. The zero-order valence-corrected chi connectivity index (χ0v) is 15.8. The van der Waals surface area contributed by atoms with E-state index in [1.807, 2.05) is 7.05 Å². The van der Waals surface area contributed by atoms with Gasteiger partial charge in [0.15, 0.2) is 5.11 Å². The molecule has 0 radical (unpaired) electrons. The average molecular weight is 353 g/mol. The maximum atomic E-state index is 5.61. The van der Waals surface area contributed by atoms with Crippen molar-refractivity contribution in [2.24, 2.45) is 0 Å². The van der Waals surface area contributed by atoms with E-state index in [1.165, 1.54) is 11.1 Å². The van der Waals surface area contributed by atoms with Crippen LogP contribution in [0.3, 0.4) is 0 Å². The molecule has 2 rings (SSSR count). The zero-order chi connectivity index (χ0) is 17.0. The average Bonchev–Trinajstić information content (AvgIpc) is 2.51. The minimum atomic E-state index is 0.428.